The second-order valence-corrected chi connectivity index (χ2v) is 15.8. The van der Waals surface area contributed by atoms with Crippen LogP contribution < -0.4 is 11.1 Å². The molecular weight excluding hydrogens is 689 g/mol. The number of phosphoric acid groups is 3. The normalized spacial score (nSPS) is 21.6. The second-order valence-electron chi connectivity index (χ2n) is 8.94. The van der Waals surface area contributed by atoms with Crippen LogP contribution in [-0.4, -0.2) is 74.7 Å². The summed E-state index contributed by atoms with van der Waals surface area (Å²) >= 11 is 0. The van der Waals surface area contributed by atoms with Crippen LogP contribution in [-0.2, 0) is 42.9 Å². The molecule has 44 heavy (non-hydrogen) atoms. The number of fused-ring (bicyclic) bond motifs is 1. The van der Waals surface area contributed by atoms with E-state index in [1.54, 1.807) is 12.4 Å². The number of rotatable bonds is 15. The molecule has 1 aliphatic rings. The third-order valence-electron chi connectivity index (χ3n) is 5.72. The molecule has 0 spiro atoms. The number of hydrogen-bond donors (Lipinski definition) is 7. The zero-order chi connectivity index (χ0) is 32.1. The number of carbonyl (C=O) groups is 1. The SMILES string of the molecule is Nc1ncnc2c1c(CNC(=O)CCSSc1ccccn1)cn2[C@H]1CC(O)[C@@H](COP(=O)(O)OP(=O)(O)OP(=O)(O)O)O1. The highest BCUT2D eigenvalue weighted by atomic mass is 33.1. The summed E-state index contributed by atoms with van der Waals surface area (Å²) in [6.45, 7) is -0.764. The number of nitrogens with two attached hydrogens (primary N) is 1. The van der Waals surface area contributed by atoms with Crippen molar-refractivity contribution in [2.45, 2.75) is 42.8 Å². The van der Waals surface area contributed by atoms with Crippen LogP contribution >= 0.6 is 45.1 Å². The van der Waals surface area contributed by atoms with Gasteiger partial charge in [-0.15, -0.1) is 0 Å². The van der Waals surface area contributed by atoms with Gasteiger partial charge in [-0.05, 0) is 22.9 Å². The first kappa shape index (κ1) is 34.9. The molecule has 24 heteroatoms. The summed E-state index contributed by atoms with van der Waals surface area (Å²) in [5.74, 6) is 0.452. The maximum atomic E-state index is 12.5. The first-order valence-electron chi connectivity index (χ1n) is 12.3. The van der Waals surface area contributed by atoms with Gasteiger partial charge in [-0.2, -0.15) is 8.62 Å². The topological polar surface area (TPSA) is 288 Å². The van der Waals surface area contributed by atoms with E-state index in [4.69, 9.17) is 20.3 Å². The lowest BCUT2D eigenvalue weighted by molar-refractivity contribution is -0.120. The average Bonchev–Trinajstić information content (AvgIpc) is 3.48. The first-order valence-corrected chi connectivity index (χ1v) is 19.2. The quantitative estimate of drug-likeness (QED) is 0.0671. The summed E-state index contributed by atoms with van der Waals surface area (Å²) in [7, 11) is -13.7. The largest absolute Gasteiger partial charge is 0.490 e. The van der Waals surface area contributed by atoms with Gasteiger partial charge in [0.1, 0.15) is 35.2 Å². The van der Waals surface area contributed by atoms with E-state index in [2.05, 4.69) is 33.4 Å². The van der Waals surface area contributed by atoms with Gasteiger partial charge in [0.25, 0.3) is 0 Å². The third-order valence-corrected chi connectivity index (χ3v) is 11.8. The Bertz CT molecular complexity index is 1610. The Hall–Kier alpha value is -1.93. The highest BCUT2D eigenvalue weighted by molar-refractivity contribution is 8.76. The van der Waals surface area contributed by atoms with Crippen molar-refractivity contribution in [1.29, 1.82) is 0 Å². The number of amides is 1. The number of nitrogen functional groups attached to an aromatic ring is 1. The van der Waals surface area contributed by atoms with E-state index in [9.17, 15) is 33.4 Å². The number of nitrogens with one attached hydrogen (secondary N) is 1. The summed E-state index contributed by atoms with van der Waals surface area (Å²) in [4.78, 5) is 61.2. The fourth-order valence-corrected chi connectivity index (χ4v) is 8.86. The van der Waals surface area contributed by atoms with Crippen LogP contribution in [0.5, 0.6) is 0 Å². The smallest absolute Gasteiger partial charge is 0.390 e. The zero-order valence-electron chi connectivity index (χ0n) is 22.3. The molecule has 3 aromatic rings. The molecule has 5 atom stereocenters. The highest BCUT2D eigenvalue weighted by Crippen LogP contribution is 2.66. The number of nitrogens with zero attached hydrogens (tertiary/aromatic N) is 4. The number of carbonyl (C=O) groups excluding carboxylic acids is 1. The second kappa shape index (κ2) is 14.7. The minimum absolute atomic E-state index is 0.0604. The zero-order valence-corrected chi connectivity index (χ0v) is 26.6. The third kappa shape index (κ3) is 10.0. The van der Waals surface area contributed by atoms with Crippen LogP contribution in [0.2, 0.25) is 0 Å². The Balaban J connectivity index is 1.36. The van der Waals surface area contributed by atoms with E-state index in [1.807, 2.05) is 18.2 Å². The number of hydrogen-bond acceptors (Lipinski definition) is 15. The number of anilines is 1. The average molecular weight is 717 g/mol. The van der Waals surface area contributed by atoms with E-state index in [-0.39, 0.29) is 31.1 Å². The van der Waals surface area contributed by atoms with Crippen LogP contribution in [0.4, 0.5) is 5.82 Å². The number of aliphatic hydroxyl groups is 1. The molecule has 3 aromatic heterocycles. The van der Waals surface area contributed by atoms with Crippen LogP contribution in [0.25, 0.3) is 11.0 Å². The van der Waals surface area contributed by atoms with Crippen LogP contribution in [0, 0.1) is 0 Å². The lowest BCUT2D eigenvalue weighted by atomic mass is 10.2. The molecule has 4 heterocycles. The summed E-state index contributed by atoms with van der Waals surface area (Å²) in [5, 5.41) is 14.6. The van der Waals surface area contributed by atoms with Crippen LogP contribution in [0.3, 0.4) is 0 Å². The van der Waals surface area contributed by atoms with E-state index in [0.29, 0.717) is 22.3 Å². The van der Waals surface area contributed by atoms with Crippen molar-refractivity contribution in [3.63, 3.8) is 0 Å². The molecule has 1 amide bonds. The monoisotopic (exact) mass is 716 g/mol. The van der Waals surface area contributed by atoms with Gasteiger partial charge >= 0.3 is 23.5 Å². The summed E-state index contributed by atoms with van der Waals surface area (Å²) in [5.41, 5.74) is 6.96. The van der Waals surface area contributed by atoms with Crippen molar-refractivity contribution < 1.29 is 61.1 Å². The van der Waals surface area contributed by atoms with Crippen molar-refractivity contribution in [2.24, 2.45) is 0 Å². The predicted octanol–water partition coefficient (Wildman–Crippen LogP) is 1.85. The molecular formula is C20H27N6O13P3S2. The molecule has 0 radical (unpaired) electrons. The Kier molecular flexibility index (Phi) is 11.6. The van der Waals surface area contributed by atoms with E-state index in [0.717, 1.165) is 5.03 Å². The molecule has 1 saturated heterocycles. The fourth-order valence-electron chi connectivity index (χ4n) is 3.96. The molecule has 3 unspecified atom stereocenters. The van der Waals surface area contributed by atoms with Crippen molar-refractivity contribution in [1.82, 2.24) is 24.8 Å². The molecule has 4 rings (SSSR count). The number of ether oxygens (including phenoxy) is 1. The van der Waals surface area contributed by atoms with Gasteiger partial charge in [0.05, 0.1) is 18.1 Å². The fraction of sp³-hybridized carbons (Fsp3) is 0.400. The molecule has 0 aromatic carbocycles. The van der Waals surface area contributed by atoms with Crippen LogP contribution in [0.1, 0.15) is 24.6 Å². The van der Waals surface area contributed by atoms with E-state index >= 15 is 0 Å². The summed E-state index contributed by atoms with van der Waals surface area (Å²) < 4.78 is 53.6. The Morgan fingerprint density at radius 1 is 1.14 bits per heavy atom. The Morgan fingerprint density at radius 2 is 1.91 bits per heavy atom. The van der Waals surface area contributed by atoms with Crippen molar-refractivity contribution in [3.05, 3.63) is 42.5 Å². The number of phosphoric ester groups is 1. The van der Waals surface area contributed by atoms with Gasteiger partial charge < -0.3 is 45.0 Å². The minimum Gasteiger partial charge on any atom is -0.390 e. The van der Waals surface area contributed by atoms with Crippen molar-refractivity contribution >= 4 is 67.8 Å². The molecule has 0 saturated carbocycles. The van der Waals surface area contributed by atoms with Crippen molar-refractivity contribution in [3.8, 4) is 0 Å². The Morgan fingerprint density at radius 3 is 2.61 bits per heavy atom. The molecule has 1 fully saturated rings. The van der Waals surface area contributed by atoms with Crippen molar-refractivity contribution in [2.75, 3.05) is 18.1 Å². The lowest BCUT2D eigenvalue weighted by Gasteiger charge is -2.19. The van der Waals surface area contributed by atoms with E-state index in [1.165, 1.54) is 32.5 Å². The summed E-state index contributed by atoms with van der Waals surface area (Å²) in [6.07, 6.45) is 1.25. The first-order chi connectivity index (χ1) is 20.6. The summed E-state index contributed by atoms with van der Waals surface area (Å²) in [6, 6.07) is 5.55. The minimum atomic E-state index is -5.71. The lowest BCUT2D eigenvalue weighted by Crippen LogP contribution is -2.26. The molecule has 242 valence electrons. The predicted molar refractivity (Wildman–Crippen MR) is 155 cm³/mol. The maximum Gasteiger partial charge on any atom is 0.490 e. The van der Waals surface area contributed by atoms with Gasteiger partial charge in [-0.3, -0.25) is 9.32 Å². The number of aliphatic hydroxyl groups excluding tert-OH is 1. The maximum absolute atomic E-state index is 12.5. The standard InChI is InChI=1S/C20H27N6O13P3S2/c21-19-18-12(8-23-15(28)4-6-43-44-16-3-1-2-5-22-16)9-26(20(18)25-11-24-19)17-7-13(27)14(37-17)10-36-41(32,33)39-42(34,35)38-40(29,30)31/h1-3,5,9,11,13-14,17,27H,4,6-8,10H2,(H,23,28)(H,32,33)(H,34,35)(H2,21,24,25)(H2,29,30,31)/t13?,14-,17-/m1/s1. The van der Waals surface area contributed by atoms with Gasteiger partial charge in [-0.25, -0.2) is 28.6 Å². The van der Waals surface area contributed by atoms with Gasteiger partial charge in [-0.1, -0.05) is 16.9 Å². The number of aromatic nitrogens is 4. The highest BCUT2D eigenvalue weighted by Gasteiger charge is 2.43. The molecule has 0 bridgehead atoms. The molecule has 1 aliphatic heterocycles. The van der Waals surface area contributed by atoms with Gasteiger partial charge in [0, 0.05) is 43.1 Å². The number of pyridine rings is 1. The van der Waals surface area contributed by atoms with Gasteiger partial charge in [0.2, 0.25) is 5.91 Å². The van der Waals surface area contributed by atoms with Gasteiger partial charge in [0.15, 0.2) is 0 Å². The van der Waals surface area contributed by atoms with E-state index < -0.39 is 48.5 Å². The molecule has 0 aliphatic carbocycles. The molecule has 8 N–H and O–H groups in total. The Labute approximate surface area is 256 Å². The molecule has 19 nitrogen and oxygen atoms in total. The van der Waals surface area contributed by atoms with Crippen LogP contribution in [0.15, 0.2) is 41.9 Å².